The van der Waals surface area contributed by atoms with Crippen molar-refractivity contribution in [1.29, 1.82) is 0 Å². The van der Waals surface area contributed by atoms with Gasteiger partial charge in [0.2, 0.25) is 0 Å². The average Bonchev–Trinajstić information content (AvgIpc) is 2.45. The lowest BCUT2D eigenvalue weighted by Gasteiger charge is -2.13. The van der Waals surface area contributed by atoms with Crippen molar-refractivity contribution in [2.24, 2.45) is 0 Å². The van der Waals surface area contributed by atoms with Crippen molar-refractivity contribution in [2.75, 3.05) is 0 Å². The van der Waals surface area contributed by atoms with E-state index in [-0.39, 0.29) is 12.0 Å². The molecule has 0 radical (unpaired) electrons. The molecule has 0 bridgehead atoms. The second-order valence-corrected chi connectivity index (χ2v) is 4.24. The zero-order valence-corrected chi connectivity index (χ0v) is 8.83. The highest BCUT2D eigenvalue weighted by Crippen LogP contribution is 2.21. The standard InChI is InChI=1S/C10H18N2O/c1-5-12-6-8(10(2,3)4)11-9(12)7-13/h6,13H,5,7H2,1-4H3. The molecule has 74 valence electrons. The number of nitrogens with zero attached hydrogens (tertiary/aromatic N) is 2. The Balaban J connectivity index is 3.07. The molecule has 0 spiro atoms. The fourth-order valence-electron chi connectivity index (χ4n) is 1.22. The maximum absolute atomic E-state index is 9.05. The first-order valence-electron chi connectivity index (χ1n) is 4.66. The summed E-state index contributed by atoms with van der Waals surface area (Å²) in [6.45, 7) is 9.29. The Morgan fingerprint density at radius 3 is 2.38 bits per heavy atom. The van der Waals surface area contributed by atoms with Crippen LogP contribution in [0.4, 0.5) is 0 Å². The van der Waals surface area contributed by atoms with Crippen LogP contribution in [0.2, 0.25) is 0 Å². The van der Waals surface area contributed by atoms with Crippen LogP contribution in [-0.4, -0.2) is 14.7 Å². The second kappa shape index (κ2) is 3.50. The summed E-state index contributed by atoms with van der Waals surface area (Å²) in [6.07, 6.45) is 2.02. The van der Waals surface area contributed by atoms with E-state index in [1.54, 1.807) is 0 Å². The molecule has 0 aliphatic heterocycles. The number of aliphatic hydroxyl groups is 1. The summed E-state index contributed by atoms with van der Waals surface area (Å²) in [5.41, 5.74) is 1.10. The fourth-order valence-corrected chi connectivity index (χ4v) is 1.22. The molecule has 3 heteroatoms. The van der Waals surface area contributed by atoms with Crippen LogP contribution >= 0.6 is 0 Å². The molecule has 1 N–H and O–H groups in total. The average molecular weight is 182 g/mol. The number of aryl methyl sites for hydroxylation is 1. The molecule has 1 aromatic rings. The van der Waals surface area contributed by atoms with Gasteiger partial charge in [0.1, 0.15) is 12.4 Å². The molecular formula is C10H18N2O. The van der Waals surface area contributed by atoms with E-state index in [9.17, 15) is 0 Å². The predicted octanol–water partition coefficient (Wildman–Crippen LogP) is 1.69. The first-order chi connectivity index (χ1) is 5.99. The molecule has 0 aromatic carbocycles. The van der Waals surface area contributed by atoms with E-state index in [1.807, 2.05) is 17.7 Å². The van der Waals surface area contributed by atoms with E-state index in [0.29, 0.717) is 0 Å². The fraction of sp³-hybridized carbons (Fsp3) is 0.700. The summed E-state index contributed by atoms with van der Waals surface area (Å²) >= 11 is 0. The van der Waals surface area contributed by atoms with Crippen LogP contribution < -0.4 is 0 Å². The molecule has 0 atom stereocenters. The van der Waals surface area contributed by atoms with Gasteiger partial charge in [-0.25, -0.2) is 4.98 Å². The van der Waals surface area contributed by atoms with E-state index in [4.69, 9.17) is 5.11 Å². The van der Waals surface area contributed by atoms with Crippen LogP contribution in [0.15, 0.2) is 6.20 Å². The maximum atomic E-state index is 9.05. The highest BCUT2D eigenvalue weighted by molar-refractivity contribution is 5.12. The minimum atomic E-state index is 0.0178. The molecular weight excluding hydrogens is 164 g/mol. The van der Waals surface area contributed by atoms with E-state index in [2.05, 4.69) is 25.8 Å². The summed E-state index contributed by atoms with van der Waals surface area (Å²) in [6, 6.07) is 0. The van der Waals surface area contributed by atoms with Crippen molar-refractivity contribution < 1.29 is 5.11 Å². The molecule has 1 heterocycles. The Morgan fingerprint density at radius 1 is 1.46 bits per heavy atom. The number of hydrogen-bond acceptors (Lipinski definition) is 2. The van der Waals surface area contributed by atoms with Crippen molar-refractivity contribution in [1.82, 2.24) is 9.55 Å². The van der Waals surface area contributed by atoms with Crippen molar-refractivity contribution >= 4 is 0 Å². The Kier molecular flexibility index (Phi) is 2.76. The summed E-state index contributed by atoms with van der Waals surface area (Å²) < 4.78 is 1.99. The van der Waals surface area contributed by atoms with Crippen molar-refractivity contribution in [2.45, 2.75) is 46.3 Å². The molecule has 0 aliphatic rings. The summed E-state index contributed by atoms with van der Waals surface area (Å²) in [7, 11) is 0. The van der Waals surface area contributed by atoms with Crippen LogP contribution in [-0.2, 0) is 18.6 Å². The number of hydrogen-bond donors (Lipinski definition) is 1. The van der Waals surface area contributed by atoms with Gasteiger partial charge in [-0.15, -0.1) is 0 Å². The molecule has 1 rings (SSSR count). The van der Waals surface area contributed by atoms with E-state index in [0.717, 1.165) is 18.1 Å². The smallest absolute Gasteiger partial charge is 0.134 e. The van der Waals surface area contributed by atoms with Crippen molar-refractivity contribution in [3.8, 4) is 0 Å². The zero-order valence-electron chi connectivity index (χ0n) is 8.83. The lowest BCUT2D eigenvalue weighted by atomic mass is 9.93. The molecule has 3 nitrogen and oxygen atoms in total. The van der Waals surface area contributed by atoms with Gasteiger partial charge in [-0.1, -0.05) is 20.8 Å². The van der Waals surface area contributed by atoms with E-state index in [1.165, 1.54) is 0 Å². The van der Waals surface area contributed by atoms with Gasteiger partial charge in [0, 0.05) is 18.2 Å². The Bertz CT molecular complexity index is 262. The van der Waals surface area contributed by atoms with Gasteiger partial charge in [0.05, 0.1) is 5.69 Å². The molecule has 0 unspecified atom stereocenters. The Labute approximate surface area is 79.4 Å². The molecule has 1 aromatic heterocycles. The number of aromatic nitrogens is 2. The molecule has 13 heavy (non-hydrogen) atoms. The third kappa shape index (κ3) is 2.10. The lowest BCUT2D eigenvalue weighted by Crippen LogP contribution is -2.11. The van der Waals surface area contributed by atoms with Gasteiger partial charge in [-0.3, -0.25) is 0 Å². The molecule has 0 saturated carbocycles. The normalized spacial score (nSPS) is 12.1. The molecule has 0 aliphatic carbocycles. The van der Waals surface area contributed by atoms with Crippen LogP contribution in [0.1, 0.15) is 39.2 Å². The van der Waals surface area contributed by atoms with Crippen LogP contribution in [0.3, 0.4) is 0 Å². The van der Waals surface area contributed by atoms with Gasteiger partial charge < -0.3 is 9.67 Å². The summed E-state index contributed by atoms with van der Waals surface area (Å²) in [4.78, 5) is 4.38. The topological polar surface area (TPSA) is 38.0 Å². The predicted molar refractivity (Wildman–Crippen MR) is 52.5 cm³/mol. The Hall–Kier alpha value is -0.830. The summed E-state index contributed by atoms with van der Waals surface area (Å²) in [5, 5.41) is 9.05. The second-order valence-electron chi connectivity index (χ2n) is 4.24. The third-order valence-corrected chi connectivity index (χ3v) is 2.11. The van der Waals surface area contributed by atoms with Gasteiger partial charge in [0.25, 0.3) is 0 Å². The highest BCUT2D eigenvalue weighted by atomic mass is 16.3. The number of imidazole rings is 1. The quantitative estimate of drug-likeness (QED) is 0.756. The SMILES string of the molecule is CCn1cc(C(C)(C)C)nc1CO. The minimum absolute atomic E-state index is 0.0178. The maximum Gasteiger partial charge on any atom is 0.134 e. The van der Waals surface area contributed by atoms with Crippen LogP contribution in [0.25, 0.3) is 0 Å². The van der Waals surface area contributed by atoms with Gasteiger partial charge in [-0.05, 0) is 6.92 Å². The monoisotopic (exact) mass is 182 g/mol. The molecule has 0 amide bonds. The van der Waals surface area contributed by atoms with Gasteiger partial charge >= 0.3 is 0 Å². The van der Waals surface area contributed by atoms with Gasteiger partial charge in [0.15, 0.2) is 0 Å². The van der Waals surface area contributed by atoms with Crippen molar-refractivity contribution in [3.63, 3.8) is 0 Å². The minimum Gasteiger partial charge on any atom is -0.388 e. The molecule has 0 fully saturated rings. The molecule has 0 saturated heterocycles. The number of rotatable bonds is 2. The van der Waals surface area contributed by atoms with E-state index >= 15 is 0 Å². The largest absolute Gasteiger partial charge is 0.388 e. The van der Waals surface area contributed by atoms with E-state index < -0.39 is 0 Å². The lowest BCUT2D eigenvalue weighted by molar-refractivity contribution is 0.265. The Morgan fingerprint density at radius 2 is 2.08 bits per heavy atom. The number of aliphatic hydroxyl groups excluding tert-OH is 1. The zero-order chi connectivity index (χ0) is 10.1. The van der Waals surface area contributed by atoms with Crippen LogP contribution in [0, 0.1) is 0 Å². The third-order valence-electron chi connectivity index (χ3n) is 2.11. The van der Waals surface area contributed by atoms with Crippen LogP contribution in [0.5, 0.6) is 0 Å². The van der Waals surface area contributed by atoms with Gasteiger partial charge in [-0.2, -0.15) is 0 Å². The summed E-state index contributed by atoms with van der Waals surface area (Å²) in [5.74, 6) is 0.757. The highest BCUT2D eigenvalue weighted by Gasteiger charge is 2.18. The first-order valence-corrected chi connectivity index (χ1v) is 4.66. The van der Waals surface area contributed by atoms with Crippen molar-refractivity contribution in [3.05, 3.63) is 17.7 Å². The first kappa shape index (κ1) is 10.3.